The molecule has 6 heteroatoms. The van der Waals surface area contributed by atoms with Crippen LogP contribution in [0.4, 0.5) is 5.69 Å². The summed E-state index contributed by atoms with van der Waals surface area (Å²) in [5.41, 5.74) is 1.70. The van der Waals surface area contributed by atoms with E-state index in [1.54, 1.807) is 12.1 Å². The quantitative estimate of drug-likeness (QED) is 0.869. The minimum Gasteiger partial charge on any atom is -0.354 e. The third kappa shape index (κ3) is 4.20. The molecule has 1 aliphatic carbocycles. The van der Waals surface area contributed by atoms with E-state index in [2.05, 4.69) is 5.32 Å². The molecular weight excluding hydrogens is 288 g/mol. The van der Waals surface area contributed by atoms with E-state index < -0.39 is 10.0 Å². The lowest BCUT2D eigenvalue weighted by atomic mass is 9.85. The van der Waals surface area contributed by atoms with Crippen molar-refractivity contribution >= 4 is 21.6 Å². The molecule has 0 aliphatic heterocycles. The number of nitrogens with one attached hydrogen (secondary N) is 1. The Morgan fingerprint density at radius 1 is 1.29 bits per heavy atom. The van der Waals surface area contributed by atoms with E-state index in [9.17, 15) is 13.2 Å². The number of aryl methyl sites for hydroxylation is 1. The van der Waals surface area contributed by atoms with Crippen molar-refractivity contribution in [3.8, 4) is 0 Å². The molecule has 0 radical (unpaired) electrons. The van der Waals surface area contributed by atoms with Crippen molar-refractivity contribution in [1.82, 2.24) is 5.32 Å². The lowest BCUT2D eigenvalue weighted by molar-refractivity contribution is -0.127. The summed E-state index contributed by atoms with van der Waals surface area (Å²) in [6.07, 6.45) is 4.18. The van der Waals surface area contributed by atoms with Gasteiger partial charge >= 0.3 is 0 Å². The second-order valence-corrected chi connectivity index (χ2v) is 7.50. The molecule has 1 aromatic rings. The van der Waals surface area contributed by atoms with Gasteiger partial charge in [0.2, 0.25) is 15.9 Å². The molecule has 1 aromatic carbocycles. The first-order valence-corrected chi connectivity index (χ1v) is 9.05. The van der Waals surface area contributed by atoms with Gasteiger partial charge < -0.3 is 5.32 Å². The molecule has 0 saturated heterocycles. The molecule has 1 fully saturated rings. The Labute approximate surface area is 126 Å². The lowest BCUT2D eigenvalue weighted by Crippen LogP contribution is -2.41. The summed E-state index contributed by atoms with van der Waals surface area (Å²) < 4.78 is 25.1. The Hall–Kier alpha value is -1.56. The smallest absolute Gasteiger partial charge is 0.232 e. The first-order chi connectivity index (χ1) is 9.88. The number of carbonyl (C=O) groups is 1. The topological polar surface area (TPSA) is 66.5 Å². The zero-order valence-corrected chi connectivity index (χ0v) is 13.3. The van der Waals surface area contributed by atoms with E-state index in [0.717, 1.165) is 24.8 Å². The molecule has 5 nitrogen and oxygen atoms in total. The number of carbonyl (C=O) groups excluding carboxylic acids is 1. The molecule has 1 saturated carbocycles. The first-order valence-electron chi connectivity index (χ1n) is 7.20. The zero-order valence-electron chi connectivity index (χ0n) is 12.5. The second-order valence-electron chi connectivity index (χ2n) is 5.59. The van der Waals surface area contributed by atoms with Gasteiger partial charge in [-0.05, 0) is 31.9 Å². The average Bonchev–Trinajstić information content (AvgIpc) is 2.32. The fraction of sp³-hybridized carbons (Fsp3) is 0.533. The normalized spacial score (nSPS) is 15.3. The number of sulfonamides is 1. The number of benzene rings is 1. The largest absolute Gasteiger partial charge is 0.354 e. The van der Waals surface area contributed by atoms with E-state index in [1.165, 1.54) is 10.6 Å². The van der Waals surface area contributed by atoms with Crippen molar-refractivity contribution < 1.29 is 13.2 Å². The molecule has 1 N–H and O–H groups in total. The summed E-state index contributed by atoms with van der Waals surface area (Å²) in [5, 5.41) is 2.82. The van der Waals surface area contributed by atoms with E-state index in [0.29, 0.717) is 12.2 Å². The van der Waals surface area contributed by atoms with Crippen LogP contribution in [0.25, 0.3) is 0 Å². The van der Waals surface area contributed by atoms with Crippen LogP contribution in [0.5, 0.6) is 0 Å². The van der Waals surface area contributed by atoms with Gasteiger partial charge in [-0.1, -0.05) is 24.1 Å². The van der Waals surface area contributed by atoms with Crippen LogP contribution in [-0.4, -0.2) is 33.7 Å². The van der Waals surface area contributed by atoms with E-state index in [4.69, 9.17) is 0 Å². The third-order valence-corrected chi connectivity index (χ3v) is 5.01. The third-order valence-electron chi connectivity index (χ3n) is 3.81. The molecule has 0 atom stereocenters. The fourth-order valence-electron chi connectivity index (χ4n) is 2.29. The average molecular weight is 310 g/mol. The van der Waals surface area contributed by atoms with Gasteiger partial charge in [0.15, 0.2) is 0 Å². The molecular formula is C15H22N2O3S. The van der Waals surface area contributed by atoms with Gasteiger partial charge in [-0.3, -0.25) is 9.10 Å². The summed E-state index contributed by atoms with van der Waals surface area (Å²) in [5.74, 6) is 0.162. The van der Waals surface area contributed by atoms with Crippen LogP contribution in [0, 0.1) is 12.8 Å². The maximum Gasteiger partial charge on any atom is 0.232 e. The molecule has 0 bridgehead atoms. The van der Waals surface area contributed by atoms with Crippen LogP contribution in [-0.2, 0) is 14.8 Å². The highest BCUT2D eigenvalue weighted by Gasteiger charge is 2.25. The van der Waals surface area contributed by atoms with Crippen LogP contribution in [0.3, 0.4) is 0 Å². The Morgan fingerprint density at radius 3 is 2.38 bits per heavy atom. The molecule has 116 valence electrons. The summed E-state index contributed by atoms with van der Waals surface area (Å²) in [7, 11) is -3.36. The Morgan fingerprint density at radius 2 is 1.90 bits per heavy atom. The van der Waals surface area contributed by atoms with Gasteiger partial charge in [0, 0.05) is 12.5 Å². The van der Waals surface area contributed by atoms with Crippen LogP contribution < -0.4 is 9.62 Å². The Balaban J connectivity index is 1.97. The van der Waals surface area contributed by atoms with Crippen molar-refractivity contribution in [1.29, 1.82) is 0 Å². The first kappa shape index (κ1) is 15.8. The van der Waals surface area contributed by atoms with E-state index in [1.807, 2.05) is 19.1 Å². The van der Waals surface area contributed by atoms with Crippen molar-refractivity contribution in [3.05, 3.63) is 29.8 Å². The molecule has 0 unspecified atom stereocenters. The summed E-state index contributed by atoms with van der Waals surface area (Å²) in [4.78, 5) is 11.8. The number of nitrogens with zero attached hydrogens (tertiary/aromatic N) is 1. The van der Waals surface area contributed by atoms with Crippen LogP contribution in [0.15, 0.2) is 24.3 Å². The van der Waals surface area contributed by atoms with Gasteiger partial charge in [0.1, 0.15) is 0 Å². The predicted molar refractivity (Wildman–Crippen MR) is 83.7 cm³/mol. The number of hydrogen-bond acceptors (Lipinski definition) is 3. The van der Waals surface area contributed by atoms with E-state index >= 15 is 0 Å². The molecule has 1 aliphatic rings. The van der Waals surface area contributed by atoms with Crippen molar-refractivity contribution in [2.45, 2.75) is 26.2 Å². The Bertz CT molecular complexity index is 592. The zero-order chi connectivity index (χ0) is 15.5. The van der Waals surface area contributed by atoms with Gasteiger partial charge in [-0.25, -0.2) is 8.42 Å². The predicted octanol–water partition coefficient (Wildman–Crippen LogP) is 1.68. The van der Waals surface area contributed by atoms with Crippen molar-refractivity contribution in [2.24, 2.45) is 5.92 Å². The number of rotatable bonds is 6. The molecule has 2 rings (SSSR count). The monoisotopic (exact) mass is 310 g/mol. The molecule has 0 aromatic heterocycles. The maximum absolute atomic E-state index is 11.9. The van der Waals surface area contributed by atoms with Gasteiger partial charge in [0.05, 0.1) is 18.5 Å². The molecule has 0 heterocycles. The minimum absolute atomic E-state index is 0.0404. The maximum atomic E-state index is 11.9. The molecule has 0 spiro atoms. The molecule has 21 heavy (non-hydrogen) atoms. The number of anilines is 1. The van der Waals surface area contributed by atoms with Gasteiger partial charge in [0.25, 0.3) is 0 Å². The highest BCUT2D eigenvalue weighted by molar-refractivity contribution is 7.92. The van der Waals surface area contributed by atoms with Crippen LogP contribution in [0.2, 0.25) is 0 Å². The summed E-state index contributed by atoms with van der Waals surface area (Å²) >= 11 is 0. The highest BCUT2D eigenvalue weighted by Crippen LogP contribution is 2.26. The number of amides is 1. The minimum atomic E-state index is -3.36. The van der Waals surface area contributed by atoms with Crippen LogP contribution >= 0.6 is 0 Å². The fourth-order valence-corrected chi connectivity index (χ4v) is 3.22. The van der Waals surface area contributed by atoms with Crippen LogP contribution in [0.1, 0.15) is 24.8 Å². The van der Waals surface area contributed by atoms with Gasteiger partial charge in [-0.2, -0.15) is 0 Å². The van der Waals surface area contributed by atoms with Crippen molar-refractivity contribution in [3.63, 3.8) is 0 Å². The van der Waals surface area contributed by atoms with Crippen molar-refractivity contribution in [2.75, 3.05) is 23.7 Å². The van der Waals surface area contributed by atoms with E-state index in [-0.39, 0.29) is 18.4 Å². The lowest BCUT2D eigenvalue weighted by Gasteiger charge is -2.26. The second kappa shape index (κ2) is 6.47. The van der Waals surface area contributed by atoms with Gasteiger partial charge in [-0.15, -0.1) is 0 Å². The standard InChI is InChI=1S/C15H22N2O3S/c1-12-6-8-14(9-7-12)17(21(2,19)20)11-10-16-15(18)13-4-3-5-13/h6-9,13H,3-5,10-11H2,1-2H3,(H,16,18). The summed E-state index contributed by atoms with van der Waals surface area (Å²) in [6, 6.07) is 7.31. The highest BCUT2D eigenvalue weighted by atomic mass is 32.2. The Kier molecular flexibility index (Phi) is 4.88. The number of hydrogen-bond donors (Lipinski definition) is 1. The molecule has 1 amide bonds. The SMILES string of the molecule is Cc1ccc(N(CCNC(=O)C2CCC2)S(C)(=O)=O)cc1. The summed E-state index contributed by atoms with van der Waals surface area (Å²) in [6.45, 7) is 2.53.